The number of nitrogen functional groups attached to an aromatic ring is 1. The van der Waals surface area contributed by atoms with Gasteiger partial charge in [0.25, 0.3) is 11.8 Å². The van der Waals surface area contributed by atoms with Crippen molar-refractivity contribution in [1.29, 1.82) is 0 Å². The first-order chi connectivity index (χ1) is 26.8. The molecule has 292 valence electrons. The highest BCUT2D eigenvalue weighted by atomic mass is 16.5. The predicted octanol–water partition coefficient (Wildman–Crippen LogP) is 2.13. The number of primary amides is 2. The maximum atomic E-state index is 13.6. The molecule has 0 saturated carbocycles. The second-order valence-corrected chi connectivity index (χ2v) is 12.7. The number of rotatable bonds is 16. The number of pyridine rings is 1. The molecule has 6 rings (SSSR count). The van der Waals surface area contributed by atoms with Crippen LogP contribution in [0, 0.1) is 13.8 Å². The molecule has 5 aromatic heterocycles. The number of fused-ring (bicyclic) bond motifs is 2. The summed E-state index contributed by atoms with van der Waals surface area (Å²) in [6.45, 7) is 8.32. The number of aromatic nitrogens is 9. The third-order valence-electron chi connectivity index (χ3n) is 8.84. The number of carbonyl (C=O) groups excluding carboxylic acids is 4. The number of carbonyl (C=O) groups is 4. The van der Waals surface area contributed by atoms with Crippen LogP contribution in [0.5, 0.6) is 5.75 Å². The van der Waals surface area contributed by atoms with Crippen molar-refractivity contribution in [2.45, 2.75) is 60.3 Å². The van der Waals surface area contributed by atoms with Gasteiger partial charge in [-0.3, -0.25) is 43.7 Å². The van der Waals surface area contributed by atoms with Crippen LogP contribution in [0.25, 0.3) is 22.2 Å². The standard InChI is InChI=1S/C36H42N14O6/c1-5-49-25(14-19(3)45-49)33(54)43-35-41-23-15-21(30(38)52)17-26(56-13-9-12-51)28(23)47(35)10-7-8-11-48-32-24(16-22(18-40-32)31(39)53)42-36(48)44-34(55)29-27(37)20(4)46-50(29)6-2/h7-8,14-18,51H,5-6,9-13,37H2,1-4H3,(H2,38,52)(H2,39,53)(H,41,43,54)(H,42,44,55)/b8-7+. The van der Waals surface area contributed by atoms with Gasteiger partial charge in [0.1, 0.15) is 28.2 Å². The molecule has 6 aromatic rings. The normalized spacial score (nSPS) is 11.5. The van der Waals surface area contributed by atoms with E-state index < -0.39 is 23.6 Å². The Morgan fingerprint density at radius 2 is 1.48 bits per heavy atom. The largest absolute Gasteiger partial charge is 0.491 e. The van der Waals surface area contributed by atoms with Gasteiger partial charge in [-0.2, -0.15) is 10.2 Å². The number of aliphatic hydroxyl groups is 1. The maximum absolute atomic E-state index is 13.6. The summed E-state index contributed by atoms with van der Waals surface area (Å²) in [4.78, 5) is 65.1. The number of nitrogens with one attached hydrogen (secondary N) is 2. The smallest absolute Gasteiger partial charge is 0.278 e. The molecule has 4 amide bonds. The Morgan fingerprint density at radius 1 is 0.839 bits per heavy atom. The van der Waals surface area contributed by atoms with Crippen LogP contribution < -0.4 is 32.6 Å². The fraction of sp³-hybridized carbons (Fsp3) is 0.306. The van der Waals surface area contributed by atoms with Crippen LogP contribution in [0.1, 0.15) is 73.3 Å². The summed E-state index contributed by atoms with van der Waals surface area (Å²) in [6.07, 6.45) is 5.22. The molecule has 0 bridgehead atoms. The fourth-order valence-corrected chi connectivity index (χ4v) is 6.14. The van der Waals surface area contributed by atoms with Crippen molar-refractivity contribution >= 4 is 63.4 Å². The first-order valence-electron chi connectivity index (χ1n) is 17.7. The molecule has 20 heteroatoms. The van der Waals surface area contributed by atoms with E-state index in [4.69, 9.17) is 21.9 Å². The van der Waals surface area contributed by atoms with Crippen molar-refractivity contribution in [1.82, 2.24) is 43.6 Å². The molecule has 1 aromatic carbocycles. The van der Waals surface area contributed by atoms with E-state index >= 15 is 0 Å². The number of ether oxygens (including phenoxy) is 1. The van der Waals surface area contributed by atoms with Gasteiger partial charge in [0.05, 0.1) is 34.8 Å². The average Bonchev–Trinajstić information content (AvgIpc) is 3.90. The fourth-order valence-electron chi connectivity index (χ4n) is 6.14. The average molecular weight is 767 g/mol. The minimum atomic E-state index is -0.703. The summed E-state index contributed by atoms with van der Waals surface area (Å²) in [5, 5.41) is 23.8. The second kappa shape index (κ2) is 16.1. The van der Waals surface area contributed by atoms with E-state index in [9.17, 15) is 24.3 Å². The van der Waals surface area contributed by atoms with Crippen LogP contribution in [-0.4, -0.2) is 85.6 Å². The van der Waals surface area contributed by atoms with Gasteiger partial charge in [0.2, 0.25) is 23.7 Å². The lowest BCUT2D eigenvalue weighted by atomic mass is 10.1. The van der Waals surface area contributed by atoms with Gasteiger partial charge < -0.3 is 31.6 Å². The first kappa shape index (κ1) is 38.6. The number of aliphatic hydroxyl groups excluding tert-OH is 1. The first-order valence-corrected chi connectivity index (χ1v) is 17.7. The van der Waals surface area contributed by atoms with Gasteiger partial charge in [-0.25, -0.2) is 15.0 Å². The lowest BCUT2D eigenvalue weighted by Crippen LogP contribution is -2.21. The Kier molecular flexibility index (Phi) is 11.1. The van der Waals surface area contributed by atoms with Crippen molar-refractivity contribution in [2.75, 3.05) is 29.6 Å². The summed E-state index contributed by atoms with van der Waals surface area (Å²) >= 11 is 0. The molecule has 0 spiro atoms. The molecular weight excluding hydrogens is 724 g/mol. The number of nitrogens with two attached hydrogens (primary N) is 3. The van der Waals surface area contributed by atoms with E-state index in [2.05, 4.69) is 35.8 Å². The lowest BCUT2D eigenvalue weighted by molar-refractivity contribution is 0.0991. The minimum absolute atomic E-state index is 0.118. The monoisotopic (exact) mass is 766 g/mol. The van der Waals surface area contributed by atoms with Crippen LogP contribution >= 0.6 is 0 Å². The molecule has 0 radical (unpaired) electrons. The quantitative estimate of drug-likeness (QED) is 0.0610. The number of imidazole rings is 2. The number of amides is 4. The molecule has 5 heterocycles. The van der Waals surface area contributed by atoms with Gasteiger partial charge >= 0.3 is 0 Å². The predicted molar refractivity (Wildman–Crippen MR) is 206 cm³/mol. The number of anilines is 3. The topological polar surface area (TPSA) is 284 Å². The van der Waals surface area contributed by atoms with Gasteiger partial charge in [-0.15, -0.1) is 0 Å². The number of hydrogen-bond donors (Lipinski definition) is 6. The molecule has 0 atom stereocenters. The highest BCUT2D eigenvalue weighted by Crippen LogP contribution is 2.32. The van der Waals surface area contributed by atoms with E-state index in [0.717, 1.165) is 0 Å². The van der Waals surface area contributed by atoms with Crippen LogP contribution in [0.2, 0.25) is 0 Å². The van der Waals surface area contributed by atoms with Gasteiger partial charge in [-0.05, 0) is 52.0 Å². The molecule has 20 nitrogen and oxygen atoms in total. The third-order valence-corrected chi connectivity index (χ3v) is 8.84. The van der Waals surface area contributed by atoms with Gasteiger partial charge in [-0.1, -0.05) is 12.2 Å². The molecular formula is C36H42N14O6. The minimum Gasteiger partial charge on any atom is -0.491 e. The SMILES string of the molecule is CCn1nc(C)cc1C(=O)Nc1nc2cc(C(N)=O)cc(OCCCO)c2n1C/C=C/Cn1c(NC(=O)c2c(N)c(C)nn2CC)nc2cc(C(N)=O)cnc21. The summed E-state index contributed by atoms with van der Waals surface area (Å²) in [5.41, 5.74) is 21.0. The summed E-state index contributed by atoms with van der Waals surface area (Å²) in [6, 6.07) is 6.14. The Balaban J connectivity index is 1.38. The molecule has 9 N–H and O–H groups in total. The summed E-state index contributed by atoms with van der Waals surface area (Å²) in [7, 11) is 0. The molecule has 0 saturated heterocycles. The lowest BCUT2D eigenvalue weighted by Gasteiger charge is -2.13. The van der Waals surface area contributed by atoms with Crippen molar-refractivity contribution < 1.29 is 29.0 Å². The molecule has 0 aliphatic carbocycles. The van der Waals surface area contributed by atoms with Crippen molar-refractivity contribution in [3.05, 3.63) is 76.5 Å². The molecule has 0 unspecified atom stereocenters. The van der Waals surface area contributed by atoms with Crippen LogP contribution in [-0.2, 0) is 26.2 Å². The Labute approximate surface area is 319 Å². The van der Waals surface area contributed by atoms with Crippen molar-refractivity contribution in [3.8, 4) is 5.75 Å². The number of nitrogens with zero attached hydrogens (tertiary/aromatic N) is 9. The number of aryl methyl sites for hydroxylation is 4. The zero-order valence-electron chi connectivity index (χ0n) is 31.2. The Morgan fingerprint density at radius 3 is 2.16 bits per heavy atom. The van der Waals surface area contributed by atoms with Crippen LogP contribution in [0.4, 0.5) is 17.6 Å². The van der Waals surface area contributed by atoms with Gasteiger partial charge in [0.15, 0.2) is 5.65 Å². The van der Waals surface area contributed by atoms with E-state index in [0.29, 0.717) is 58.8 Å². The number of benzene rings is 1. The zero-order valence-corrected chi connectivity index (χ0v) is 31.2. The highest BCUT2D eigenvalue weighted by Gasteiger charge is 2.24. The third kappa shape index (κ3) is 7.62. The molecule has 0 fully saturated rings. The van der Waals surface area contributed by atoms with Crippen LogP contribution in [0.3, 0.4) is 0 Å². The van der Waals surface area contributed by atoms with E-state index in [-0.39, 0.29) is 66.5 Å². The number of allylic oxidation sites excluding steroid dienone is 2. The molecule has 56 heavy (non-hydrogen) atoms. The Bertz CT molecular complexity index is 2520. The number of hydrogen-bond acceptors (Lipinski definition) is 12. The second-order valence-electron chi connectivity index (χ2n) is 12.7. The molecule has 0 aliphatic rings. The van der Waals surface area contributed by atoms with Crippen molar-refractivity contribution in [2.24, 2.45) is 11.5 Å². The maximum Gasteiger partial charge on any atom is 0.278 e. The molecule has 0 aliphatic heterocycles. The zero-order chi connectivity index (χ0) is 40.3. The van der Waals surface area contributed by atoms with E-state index in [1.54, 1.807) is 45.9 Å². The Hall–Kier alpha value is -7.09. The summed E-state index contributed by atoms with van der Waals surface area (Å²) in [5.74, 6) is -1.88. The van der Waals surface area contributed by atoms with E-state index in [1.165, 1.54) is 29.1 Å². The van der Waals surface area contributed by atoms with Crippen LogP contribution in [0.15, 0.2) is 42.6 Å². The van der Waals surface area contributed by atoms with Crippen molar-refractivity contribution in [3.63, 3.8) is 0 Å². The summed E-state index contributed by atoms with van der Waals surface area (Å²) < 4.78 is 12.4. The highest BCUT2D eigenvalue weighted by molar-refractivity contribution is 6.07. The van der Waals surface area contributed by atoms with E-state index in [1.807, 2.05) is 13.8 Å². The van der Waals surface area contributed by atoms with Gasteiger partial charge in [0, 0.05) is 51.0 Å².